The maximum absolute atomic E-state index is 8.48. The van der Waals surface area contributed by atoms with Crippen molar-refractivity contribution < 1.29 is 5.21 Å². The molecule has 0 bridgehead atoms. The van der Waals surface area contributed by atoms with E-state index in [0.29, 0.717) is 5.92 Å². The molecule has 1 N–H and O–H groups in total. The average Bonchev–Trinajstić information content (AvgIpc) is 2.64. The Hall–Kier alpha value is -0.530. The minimum atomic E-state index is 0.684. The first-order valence-electron chi connectivity index (χ1n) is 3.62. The zero-order valence-corrected chi connectivity index (χ0v) is 5.38. The highest BCUT2D eigenvalue weighted by atomic mass is 16.4. The lowest BCUT2D eigenvalue weighted by Gasteiger charge is -2.08. The van der Waals surface area contributed by atoms with Crippen LogP contribution in [-0.2, 0) is 0 Å². The summed E-state index contributed by atoms with van der Waals surface area (Å²) in [7, 11) is 0. The van der Waals surface area contributed by atoms with Crippen LogP contribution >= 0.6 is 0 Å². The number of rotatable bonds is 0. The molecule has 2 heteroatoms. The first kappa shape index (κ1) is 5.27. The maximum atomic E-state index is 8.48. The molecule has 0 aliphatic heterocycles. The third kappa shape index (κ3) is 0.732. The fourth-order valence-corrected chi connectivity index (χ4v) is 1.83. The lowest BCUT2D eigenvalue weighted by Crippen LogP contribution is -2.08. The molecule has 50 valence electrons. The van der Waals surface area contributed by atoms with E-state index in [9.17, 15) is 0 Å². The Kier molecular flexibility index (Phi) is 1.01. The Morgan fingerprint density at radius 1 is 1.56 bits per heavy atom. The van der Waals surface area contributed by atoms with Crippen LogP contribution in [0.25, 0.3) is 0 Å². The number of hydrogen-bond donors (Lipinski definition) is 1. The van der Waals surface area contributed by atoms with Gasteiger partial charge in [-0.2, -0.15) is 0 Å². The molecule has 0 aromatic rings. The van der Waals surface area contributed by atoms with Crippen LogP contribution in [0.15, 0.2) is 5.16 Å². The number of fused-ring (bicyclic) bond motifs is 1. The molecular formula is C7H11NO. The van der Waals surface area contributed by atoms with Crippen LogP contribution in [0.4, 0.5) is 0 Å². The standard InChI is InChI=1S/C7H11NO/c9-8-7-3-1-2-5-4-6(5)7/h5-6,9H,1-4H2/b8-7-. The fourth-order valence-electron chi connectivity index (χ4n) is 1.83. The summed E-state index contributed by atoms with van der Waals surface area (Å²) < 4.78 is 0. The largest absolute Gasteiger partial charge is 0.411 e. The zero-order valence-electron chi connectivity index (χ0n) is 5.38. The van der Waals surface area contributed by atoms with Gasteiger partial charge >= 0.3 is 0 Å². The molecule has 0 saturated heterocycles. The SMILES string of the molecule is O/N=C1/CCCC2CC12. The van der Waals surface area contributed by atoms with Gasteiger partial charge in [-0.1, -0.05) is 5.16 Å². The predicted octanol–water partition coefficient (Wildman–Crippen LogP) is 1.64. The molecule has 2 unspecified atom stereocenters. The molecule has 2 fully saturated rings. The van der Waals surface area contributed by atoms with E-state index >= 15 is 0 Å². The molecule has 0 aromatic heterocycles. The average molecular weight is 125 g/mol. The molecule has 2 aliphatic carbocycles. The fraction of sp³-hybridized carbons (Fsp3) is 0.857. The van der Waals surface area contributed by atoms with Crippen molar-refractivity contribution >= 4 is 5.71 Å². The van der Waals surface area contributed by atoms with Crippen LogP contribution in [0.1, 0.15) is 25.7 Å². The summed E-state index contributed by atoms with van der Waals surface area (Å²) in [6, 6.07) is 0. The van der Waals surface area contributed by atoms with Crippen molar-refractivity contribution in [1.82, 2.24) is 0 Å². The number of nitrogens with zero attached hydrogens (tertiary/aromatic N) is 1. The van der Waals surface area contributed by atoms with Crippen LogP contribution in [-0.4, -0.2) is 10.9 Å². The van der Waals surface area contributed by atoms with Gasteiger partial charge in [0.05, 0.1) is 5.71 Å². The van der Waals surface area contributed by atoms with Gasteiger partial charge in [-0.05, 0) is 31.6 Å². The van der Waals surface area contributed by atoms with Crippen LogP contribution < -0.4 is 0 Å². The zero-order chi connectivity index (χ0) is 6.27. The summed E-state index contributed by atoms with van der Waals surface area (Å²) in [6.07, 6.45) is 4.93. The summed E-state index contributed by atoms with van der Waals surface area (Å²) in [6.45, 7) is 0. The van der Waals surface area contributed by atoms with E-state index in [1.54, 1.807) is 0 Å². The highest BCUT2D eigenvalue weighted by Crippen LogP contribution is 2.47. The van der Waals surface area contributed by atoms with Gasteiger partial charge in [0.1, 0.15) is 0 Å². The Morgan fingerprint density at radius 2 is 2.44 bits per heavy atom. The van der Waals surface area contributed by atoms with Gasteiger partial charge < -0.3 is 5.21 Å². The van der Waals surface area contributed by atoms with Gasteiger partial charge in [0.2, 0.25) is 0 Å². The summed E-state index contributed by atoms with van der Waals surface area (Å²) in [5.74, 6) is 1.58. The molecule has 9 heavy (non-hydrogen) atoms. The van der Waals surface area contributed by atoms with Crippen molar-refractivity contribution in [3.05, 3.63) is 0 Å². The minimum absolute atomic E-state index is 0.684. The third-order valence-electron chi connectivity index (χ3n) is 2.49. The lowest BCUT2D eigenvalue weighted by atomic mass is 9.99. The first-order chi connectivity index (χ1) is 4.42. The molecule has 0 heterocycles. The molecule has 2 aliphatic rings. The Labute approximate surface area is 54.6 Å². The lowest BCUT2D eigenvalue weighted by molar-refractivity contribution is 0.313. The quantitative estimate of drug-likeness (QED) is 0.387. The predicted molar refractivity (Wildman–Crippen MR) is 34.7 cm³/mol. The second-order valence-electron chi connectivity index (χ2n) is 3.09. The molecule has 0 aromatic carbocycles. The summed E-state index contributed by atoms with van der Waals surface area (Å²) in [5.41, 5.74) is 1.06. The Morgan fingerprint density at radius 3 is 3.11 bits per heavy atom. The Balaban J connectivity index is 2.09. The molecule has 2 nitrogen and oxygen atoms in total. The molecule has 0 radical (unpaired) electrons. The topological polar surface area (TPSA) is 32.6 Å². The van der Waals surface area contributed by atoms with Crippen LogP contribution in [0.5, 0.6) is 0 Å². The van der Waals surface area contributed by atoms with Crippen molar-refractivity contribution in [2.24, 2.45) is 17.0 Å². The molecular weight excluding hydrogens is 114 g/mol. The van der Waals surface area contributed by atoms with E-state index in [1.807, 2.05) is 0 Å². The Bertz CT molecular complexity index is 153. The maximum Gasteiger partial charge on any atom is 0.0604 e. The van der Waals surface area contributed by atoms with Gasteiger partial charge in [-0.3, -0.25) is 0 Å². The van der Waals surface area contributed by atoms with E-state index in [1.165, 1.54) is 19.3 Å². The molecule has 2 rings (SSSR count). The van der Waals surface area contributed by atoms with E-state index in [0.717, 1.165) is 18.1 Å². The molecule has 2 saturated carbocycles. The summed E-state index contributed by atoms with van der Waals surface area (Å²) in [4.78, 5) is 0. The monoisotopic (exact) mass is 125 g/mol. The van der Waals surface area contributed by atoms with E-state index in [4.69, 9.17) is 5.21 Å². The number of oxime groups is 1. The smallest absolute Gasteiger partial charge is 0.0604 e. The van der Waals surface area contributed by atoms with Crippen LogP contribution in [0, 0.1) is 11.8 Å². The van der Waals surface area contributed by atoms with Crippen molar-refractivity contribution in [1.29, 1.82) is 0 Å². The highest BCUT2D eigenvalue weighted by Gasteiger charge is 2.43. The summed E-state index contributed by atoms with van der Waals surface area (Å²) in [5, 5.41) is 11.8. The summed E-state index contributed by atoms with van der Waals surface area (Å²) >= 11 is 0. The van der Waals surface area contributed by atoms with Crippen molar-refractivity contribution in [3.8, 4) is 0 Å². The van der Waals surface area contributed by atoms with Gasteiger partial charge in [0.25, 0.3) is 0 Å². The van der Waals surface area contributed by atoms with E-state index in [2.05, 4.69) is 5.16 Å². The van der Waals surface area contributed by atoms with E-state index in [-0.39, 0.29) is 0 Å². The highest BCUT2D eigenvalue weighted by molar-refractivity contribution is 5.89. The number of hydrogen-bond acceptors (Lipinski definition) is 2. The minimum Gasteiger partial charge on any atom is -0.411 e. The molecule has 2 atom stereocenters. The second kappa shape index (κ2) is 1.72. The van der Waals surface area contributed by atoms with Gasteiger partial charge in [0, 0.05) is 5.92 Å². The second-order valence-corrected chi connectivity index (χ2v) is 3.09. The first-order valence-corrected chi connectivity index (χ1v) is 3.62. The van der Waals surface area contributed by atoms with Crippen molar-refractivity contribution in [2.45, 2.75) is 25.7 Å². The molecule has 0 spiro atoms. The van der Waals surface area contributed by atoms with Gasteiger partial charge in [-0.25, -0.2) is 0 Å². The van der Waals surface area contributed by atoms with E-state index < -0.39 is 0 Å². The van der Waals surface area contributed by atoms with Gasteiger partial charge in [-0.15, -0.1) is 0 Å². The van der Waals surface area contributed by atoms with Gasteiger partial charge in [0.15, 0.2) is 0 Å². The molecule has 0 amide bonds. The van der Waals surface area contributed by atoms with Crippen LogP contribution in [0.3, 0.4) is 0 Å². The van der Waals surface area contributed by atoms with Crippen molar-refractivity contribution in [2.75, 3.05) is 0 Å². The van der Waals surface area contributed by atoms with Crippen LogP contribution in [0.2, 0.25) is 0 Å². The van der Waals surface area contributed by atoms with Crippen molar-refractivity contribution in [3.63, 3.8) is 0 Å². The normalized spacial score (nSPS) is 44.7. The third-order valence-corrected chi connectivity index (χ3v) is 2.49.